The highest BCUT2D eigenvalue weighted by Gasteiger charge is 2.22. The largest absolute Gasteiger partial charge is 0.496 e. The van der Waals surface area contributed by atoms with E-state index in [2.05, 4.69) is 36.9 Å². The van der Waals surface area contributed by atoms with E-state index in [1.165, 1.54) is 24.3 Å². The Morgan fingerprint density at radius 1 is 1.36 bits per heavy atom. The third kappa shape index (κ3) is 1.57. The van der Waals surface area contributed by atoms with Gasteiger partial charge in [-0.05, 0) is 24.5 Å². The Hall–Kier alpha value is -1.18. The molecule has 0 spiro atoms. The first kappa shape index (κ1) is 9.38. The molecule has 0 amide bonds. The van der Waals surface area contributed by atoms with Crippen molar-refractivity contribution in [1.29, 1.82) is 0 Å². The zero-order valence-electron chi connectivity index (χ0n) is 9.08. The van der Waals surface area contributed by atoms with Crippen molar-refractivity contribution in [1.82, 2.24) is 0 Å². The number of ether oxygens (including phenoxy) is 1. The summed E-state index contributed by atoms with van der Waals surface area (Å²) in [4.78, 5) is 2.38. The molecule has 0 N–H and O–H groups in total. The van der Waals surface area contributed by atoms with Gasteiger partial charge in [0.2, 0.25) is 0 Å². The lowest BCUT2D eigenvalue weighted by molar-refractivity contribution is 0.409. The van der Waals surface area contributed by atoms with Gasteiger partial charge in [-0.2, -0.15) is 0 Å². The van der Waals surface area contributed by atoms with Crippen LogP contribution in [-0.2, 0) is 0 Å². The Labute approximate surface area is 85.5 Å². The molecule has 0 atom stereocenters. The van der Waals surface area contributed by atoms with Crippen LogP contribution in [0, 0.1) is 12.8 Å². The summed E-state index contributed by atoms with van der Waals surface area (Å²) in [5.41, 5.74) is 2.48. The Balaban J connectivity index is 2.19. The average Bonchev–Trinajstić information content (AvgIpc) is 2.14. The Morgan fingerprint density at radius 3 is 2.64 bits per heavy atom. The predicted octanol–water partition coefficient (Wildman–Crippen LogP) is 2.46. The second kappa shape index (κ2) is 3.52. The highest BCUT2D eigenvalue weighted by Crippen LogP contribution is 2.29. The molecule has 0 bridgehead atoms. The quantitative estimate of drug-likeness (QED) is 0.712. The van der Waals surface area contributed by atoms with Gasteiger partial charge in [-0.1, -0.05) is 13.0 Å². The van der Waals surface area contributed by atoms with Crippen LogP contribution < -0.4 is 9.64 Å². The summed E-state index contributed by atoms with van der Waals surface area (Å²) in [5, 5.41) is 0. The molecule has 0 aromatic heterocycles. The van der Waals surface area contributed by atoms with Crippen molar-refractivity contribution in [3.63, 3.8) is 0 Å². The van der Waals surface area contributed by atoms with E-state index in [0.717, 1.165) is 11.7 Å². The molecular weight excluding hydrogens is 174 g/mol. The van der Waals surface area contributed by atoms with E-state index < -0.39 is 0 Å². The zero-order valence-corrected chi connectivity index (χ0v) is 9.08. The van der Waals surface area contributed by atoms with Gasteiger partial charge in [0.25, 0.3) is 0 Å². The van der Waals surface area contributed by atoms with Crippen LogP contribution in [0.4, 0.5) is 5.69 Å². The van der Waals surface area contributed by atoms with Crippen LogP contribution in [0.5, 0.6) is 5.75 Å². The van der Waals surface area contributed by atoms with Gasteiger partial charge in [-0.15, -0.1) is 0 Å². The molecule has 2 nitrogen and oxygen atoms in total. The van der Waals surface area contributed by atoms with Crippen molar-refractivity contribution in [2.24, 2.45) is 5.92 Å². The van der Waals surface area contributed by atoms with Gasteiger partial charge < -0.3 is 9.64 Å². The number of aryl methyl sites for hydroxylation is 1. The van der Waals surface area contributed by atoms with Crippen LogP contribution in [0.25, 0.3) is 0 Å². The van der Waals surface area contributed by atoms with Crippen LogP contribution in [-0.4, -0.2) is 20.2 Å². The molecule has 1 heterocycles. The summed E-state index contributed by atoms with van der Waals surface area (Å²) in [6.45, 7) is 6.70. The van der Waals surface area contributed by atoms with Gasteiger partial charge in [0, 0.05) is 24.8 Å². The van der Waals surface area contributed by atoms with E-state index in [1.807, 2.05) is 0 Å². The molecule has 0 radical (unpaired) electrons. The second-order valence-corrected chi connectivity index (χ2v) is 4.16. The minimum absolute atomic E-state index is 0.835. The molecule has 14 heavy (non-hydrogen) atoms. The van der Waals surface area contributed by atoms with Crippen LogP contribution in [0.3, 0.4) is 0 Å². The number of anilines is 1. The average molecular weight is 191 g/mol. The fourth-order valence-corrected chi connectivity index (χ4v) is 1.92. The summed E-state index contributed by atoms with van der Waals surface area (Å²) in [6, 6.07) is 6.42. The minimum Gasteiger partial charge on any atom is -0.496 e. The molecule has 0 aliphatic carbocycles. The van der Waals surface area contributed by atoms with Crippen molar-refractivity contribution in [2.45, 2.75) is 13.8 Å². The van der Waals surface area contributed by atoms with E-state index in [9.17, 15) is 0 Å². The molecule has 1 aliphatic rings. The van der Waals surface area contributed by atoms with E-state index >= 15 is 0 Å². The Kier molecular flexibility index (Phi) is 2.36. The topological polar surface area (TPSA) is 12.5 Å². The van der Waals surface area contributed by atoms with Crippen molar-refractivity contribution < 1.29 is 4.74 Å². The molecule has 1 fully saturated rings. The lowest BCUT2D eigenvalue weighted by atomic mass is 10.0. The Morgan fingerprint density at radius 2 is 2.07 bits per heavy atom. The Bertz CT molecular complexity index is 329. The van der Waals surface area contributed by atoms with Gasteiger partial charge in [0.15, 0.2) is 0 Å². The standard InChI is InChI=1S/C12H17NO/c1-9-7-13(8-9)11-5-4-10(2)12(6-11)14-3/h4-6,9H,7-8H2,1-3H3. The van der Waals surface area contributed by atoms with E-state index in [0.29, 0.717) is 0 Å². The smallest absolute Gasteiger partial charge is 0.123 e. The molecule has 0 saturated carbocycles. The normalized spacial score (nSPS) is 16.6. The van der Waals surface area contributed by atoms with Gasteiger partial charge in [0.05, 0.1) is 7.11 Å². The number of benzene rings is 1. The molecular formula is C12H17NO. The number of nitrogens with zero attached hydrogens (tertiary/aromatic N) is 1. The van der Waals surface area contributed by atoms with E-state index in [-0.39, 0.29) is 0 Å². The fourth-order valence-electron chi connectivity index (χ4n) is 1.92. The van der Waals surface area contributed by atoms with Gasteiger partial charge >= 0.3 is 0 Å². The van der Waals surface area contributed by atoms with Crippen LogP contribution in [0.15, 0.2) is 18.2 Å². The first-order valence-corrected chi connectivity index (χ1v) is 5.10. The summed E-state index contributed by atoms with van der Waals surface area (Å²) in [7, 11) is 1.73. The predicted molar refractivity (Wildman–Crippen MR) is 59.1 cm³/mol. The van der Waals surface area contributed by atoms with Gasteiger partial charge in [-0.3, -0.25) is 0 Å². The monoisotopic (exact) mass is 191 g/mol. The van der Waals surface area contributed by atoms with Gasteiger partial charge in [0.1, 0.15) is 5.75 Å². The summed E-state index contributed by atoms with van der Waals surface area (Å²) < 4.78 is 5.30. The summed E-state index contributed by atoms with van der Waals surface area (Å²) >= 11 is 0. The highest BCUT2D eigenvalue weighted by atomic mass is 16.5. The first-order chi connectivity index (χ1) is 6.70. The van der Waals surface area contributed by atoms with Crippen molar-refractivity contribution in [3.05, 3.63) is 23.8 Å². The maximum atomic E-state index is 5.30. The molecule has 2 heteroatoms. The molecule has 1 aliphatic heterocycles. The number of hydrogen-bond acceptors (Lipinski definition) is 2. The highest BCUT2D eigenvalue weighted by molar-refractivity contribution is 5.55. The number of methoxy groups -OCH3 is 1. The third-order valence-corrected chi connectivity index (χ3v) is 2.82. The van der Waals surface area contributed by atoms with Gasteiger partial charge in [-0.25, -0.2) is 0 Å². The molecule has 1 aromatic rings. The molecule has 1 aromatic carbocycles. The molecule has 1 saturated heterocycles. The van der Waals surface area contributed by atoms with Crippen LogP contribution in [0.2, 0.25) is 0 Å². The number of rotatable bonds is 2. The lowest BCUT2D eigenvalue weighted by Crippen LogP contribution is -2.45. The summed E-state index contributed by atoms with van der Waals surface area (Å²) in [5.74, 6) is 1.82. The summed E-state index contributed by atoms with van der Waals surface area (Å²) in [6.07, 6.45) is 0. The van der Waals surface area contributed by atoms with Crippen LogP contribution in [0.1, 0.15) is 12.5 Å². The molecule has 0 unspecified atom stereocenters. The van der Waals surface area contributed by atoms with Crippen molar-refractivity contribution in [2.75, 3.05) is 25.1 Å². The molecule has 2 rings (SSSR count). The van der Waals surface area contributed by atoms with Crippen LogP contribution >= 0.6 is 0 Å². The lowest BCUT2D eigenvalue weighted by Gasteiger charge is -2.39. The van der Waals surface area contributed by atoms with Crippen molar-refractivity contribution in [3.8, 4) is 5.75 Å². The first-order valence-electron chi connectivity index (χ1n) is 5.10. The third-order valence-electron chi connectivity index (χ3n) is 2.82. The SMILES string of the molecule is COc1cc(N2CC(C)C2)ccc1C. The minimum atomic E-state index is 0.835. The molecule has 76 valence electrons. The maximum Gasteiger partial charge on any atom is 0.123 e. The second-order valence-electron chi connectivity index (χ2n) is 4.16. The zero-order chi connectivity index (χ0) is 10.1. The van der Waals surface area contributed by atoms with Crippen molar-refractivity contribution >= 4 is 5.69 Å². The maximum absolute atomic E-state index is 5.30. The van der Waals surface area contributed by atoms with E-state index in [4.69, 9.17) is 4.74 Å². The fraction of sp³-hybridized carbons (Fsp3) is 0.500. The van der Waals surface area contributed by atoms with E-state index in [1.54, 1.807) is 7.11 Å². The number of hydrogen-bond donors (Lipinski definition) is 0.